The fourth-order valence-corrected chi connectivity index (χ4v) is 12.8. The van der Waals surface area contributed by atoms with E-state index < -0.39 is 0 Å². The average molecular weight is 1230 g/mol. The number of nitriles is 1. The molecule has 93 heavy (non-hydrogen) atoms. The number of pyridine rings is 6. The maximum absolute atomic E-state index is 9.64. The van der Waals surface area contributed by atoms with Crippen LogP contribution in [-0.4, -0.2) is 59.0 Å². The van der Waals surface area contributed by atoms with Crippen molar-refractivity contribution < 1.29 is 14.2 Å². The van der Waals surface area contributed by atoms with Crippen LogP contribution in [0.5, 0.6) is 17.2 Å². The molecule has 3 aromatic carbocycles. The average Bonchev–Trinajstić information content (AvgIpc) is 1.83. The number of hydrogen-bond donors (Lipinski definition) is 3. The first-order chi connectivity index (χ1) is 45.1. The summed E-state index contributed by atoms with van der Waals surface area (Å²) in [5.41, 5.74) is 43.3. The van der Waals surface area contributed by atoms with Crippen LogP contribution in [0, 0.1) is 32.1 Å². The lowest BCUT2D eigenvalue weighted by atomic mass is 9.90. The van der Waals surface area contributed by atoms with E-state index in [1.165, 1.54) is 16.7 Å². The van der Waals surface area contributed by atoms with Gasteiger partial charge in [-0.25, -0.2) is 19.9 Å². The SMILES string of the molecule is CCn1ncc2c1-c1cnc(N)c(c1)OC(C)c1cc(C)ccc1-c1ccncc1C2.CCn1ncc2c1-c1cnc(N)c(c1)OC(C)c1cc(C)ccc1-c1cnccc1C2.Cc1ccc2c(c1)[C@@H](C)Oc1cc(cnc1N)-c1c(C#N)ncn1Cc1cnccc1-2. The Balaban J connectivity index is 0.000000127. The van der Waals surface area contributed by atoms with Crippen LogP contribution in [0.15, 0.2) is 165 Å². The number of nitrogens with two attached hydrogens (primary N) is 3. The molecule has 12 heterocycles. The Labute approximate surface area is 539 Å². The molecule has 3 aliphatic heterocycles. The molecule has 12 aromatic rings. The lowest BCUT2D eigenvalue weighted by Crippen LogP contribution is -2.11. The van der Waals surface area contributed by atoms with Gasteiger partial charge in [-0.2, -0.15) is 15.5 Å². The van der Waals surface area contributed by atoms with Gasteiger partial charge in [0, 0.05) is 132 Å². The van der Waals surface area contributed by atoms with E-state index in [2.05, 4.69) is 159 Å². The van der Waals surface area contributed by atoms with Gasteiger partial charge in [0.25, 0.3) is 0 Å². The van der Waals surface area contributed by atoms with Crippen molar-refractivity contribution in [1.29, 1.82) is 5.26 Å². The molecule has 0 saturated carbocycles. The highest BCUT2D eigenvalue weighted by atomic mass is 16.5. The third-order valence-electron chi connectivity index (χ3n) is 17.4. The molecule has 0 aliphatic carbocycles. The fraction of sp³-hybridized carbons (Fsp3) is 0.216. The first-order valence-electron chi connectivity index (χ1n) is 31.1. The summed E-state index contributed by atoms with van der Waals surface area (Å²) in [5.74, 6) is 2.71. The number of rotatable bonds is 2. The third-order valence-corrected chi connectivity index (χ3v) is 17.4. The van der Waals surface area contributed by atoms with E-state index in [0.29, 0.717) is 52.6 Å². The van der Waals surface area contributed by atoms with E-state index >= 15 is 0 Å². The highest BCUT2D eigenvalue weighted by Gasteiger charge is 2.27. The summed E-state index contributed by atoms with van der Waals surface area (Å²) in [4.78, 5) is 30.7. The molecule has 6 bridgehead atoms. The molecular formula is C74H70N16O3. The standard InChI is InChI=1S/2C25H25N5O.C24H20N6O/c1-4-30-24-18(14-29-30)10-17-12-27-8-7-20(17)21-6-5-15(2)9-22(21)16(3)31-23-11-19(24)13-28-25(23)26;1-4-30-24-18(13-29-30)10-17-7-8-27-14-22(17)20-6-5-15(2)9-21(20)16(3)31-23-11-19(24)12-28-25(23)26;1-14-3-4-19-18-5-6-27-10-17(18)12-30-13-29-21(9-25)23(30)16-8-22(24(26)28-11-16)31-15(2)20(19)7-14/h2*5-9,11-14,16H,4,10H2,1-3H3,(H2,26,28);3-8,10-11,13,15H,12H2,1-2H3,(H2,26,28)/t;;15-/m..1/s1. The molecule has 0 fully saturated rings. The number of imidazole rings is 1. The minimum Gasteiger partial charge on any atom is -0.482 e. The number of fused-ring (bicyclic) bond motifs is 21. The van der Waals surface area contributed by atoms with Crippen molar-refractivity contribution in [1.82, 2.24) is 59.0 Å². The van der Waals surface area contributed by atoms with Crippen molar-refractivity contribution in [2.75, 3.05) is 17.2 Å². The van der Waals surface area contributed by atoms with Gasteiger partial charge in [0.05, 0.1) is 42.3 Å². The molecule has 464 valence electrons. The normalized spacial score (nSPS) is 14.9. The Kier molecular flexibility index (Phi) is 16.5. The van der Waals surface area contributed by atoms with Crippen LogP contribution in [0.1, 0.15) is 120 Å². The van der Waals surface area contributed by atoms with Gasteiger partial charge in [-0.05, 0) is 136 Å². The Bertz CT molecular complexity index is 4670. The first-order valence-corrected chi connectivity index (χ1v) is 31.1. The van der Waals surface area contributed by atoms with Gasteiger partial charge >= 0.3 is 0 Å². The molecule has 0 radical (unpaired) electrons. The number of hydrogen-bond acceptors (Lipinski definition) is 16. The maximum Gasteiger partial charge on any atom is 0.166 e. The van der Waals surface area contributed by atoms with Crippen LogP contribution in [0.2, 0.25) is 0 Å². The molecule has 0 spiro atoms. The minimum atomic E-state index is -0.268. The van der Waals surface area contributed by atoms with E-state index in [-0.39, 0.29) is 18.3 Å². The first kappa shape index (κ1) is 60.4. The number of ether oxygens (including phenoxy) is 3. The van der Waals surface area contributed by atoms with Crippen LogP contribution < -0.4 is 31.4 Å². The molecule has 19 heteroatoms. The monoisotopic (exact) mass is 1230 g/mol. The molecule has 3 atom stereocenters. The molecule has 15 rings (SSSR count). The highest BCUT2D eigenvalue weighted by Crippen LogP contribution is 2.43. The Hall–Kier alpha value is -11.5. The van der Waals surface area contributed by atoms with E-state index in [4.69, 9.17) is 31.4 Å². The molecular weight excluding hydrogens is 1160 g/mol. The highest BCUT2D eigenvalue weighted by molar-refractivity contribution is 5.77. The van der Waals surface area contributed by atoms with Gasteiger partial charge in [0.15, 0.2) is 40.4 Å². The Morgan fingerprint density at radius 2 is 0.871 bits per heavy atom. The van der Waals surface area contributed by atoms with E-state index in [9.17, 15) is 5.26 Å². The number of aryl methyl sites for hydroxylation is 5. The van der Waals surface area contributed by atoms with Crippen LogP contribution in [0.4, 0.5) is 17.5 Å². The number of nitrogens with zero attached hydrogens (tertiary/aromatic N) is 13. The van der Waals surface area contributed by atoms with E-state index in [0.717, 1.165) is 132 Å². The summed E-state index contributed by atoms with van der Waals surface area (Å²) in [6, 6.07) is 33.5. The van der Waals surface area contributed by atoms with Gasteiger partial charge < -0.3 is 36.0 Å². The largest absolute Gasteiger partial charge is 0.482 e. The second kappa shape index (κ2) is 25.4. The number of aromatic nitrogens is 12. The predicted octanol–water partition coefficient (Wildman–Crippen LogP) is 14.2. The molecule has 19 nitrogen and oxygen atoms in total. The van der Waals surface area contributed by atoms with Gasteiger partial charge in [0.1, 0.15) is 24.4 Å². The lowest BCUT2D eigenvalue weighted by molar-refractivity contribution is 0.228. The lowest BCUT2D eigenvalue weighted by Gasteiger charge is -2.23. The minimum absolute atomic E-state index is 0.203. The van der Waals surface area contributed by atoms with Crippen molar-refractivity contribution >= 4 is 17.5 Å². The summed E-state index contributed by atoms with van der Waals surface area (Å²) >= 11 is 0. The van der Waals surface area contributed by atoms with Crippen molar-refractivity contribution in [2.45, 2.75) is 106 Å². The van der Waals surface area contributed by atoms with Gasteiger partial charge in [-0.15, -0.1) is 0 Å². The van der Waals surface area contributed by atoms with Gasteiger partial charge in [0.2, 0.25) is 0 Å². The summed E-state index contributed by atoms with van der Waals surface area (Å²) in [7, 11) is 0. The second-order valence-corrected chi connectivity index (χ2v) is 23.7. The smallest absolute Gasteiger partial charge is 0.166 e. The van der Waals surface area contributed by atoms with Crippen molar-refractivity contribution in [3.8, 4) is 90.5 Å². The van der Waals surface area contributed by atoms with Gasteiger partial charge in [-0.1, -0.05) is 71.3 Å². The predicted molar refractivity (Wildman–Crippen MR) is 361 cm³/mol. The number of benzene rings is 3. The zero-order valence-electron chi connectivity index (χ0n) is 53.1. The molecule has 2 unspecified atom stereocenters. The van der Waals surface area contributed by atoms with Gasteiger partial charge in [-0.3, -0.25) is 24.3 Å². The second-order valence-electron chi connectivity index (χ2n) is 23.7. The Morgan fingerprint density at radius 1 is 0.452 bits per heavy atom. The van der Waals surface area contributed by atoms with Crippen molar-refractivity contribution in [2.24, 2.45) is 0 Å². The fourth-order valence-electron chi connectivity index (χ4n) is 12.8. The van der Waals surface area contributed by atoms with E-state index in [1.54, 1.807) is 31.1 Å². The number of nitrogen functional groups attached to an aromatic ring is 3. The summed E-state index contributed by atoms with van der Waals surface area (Å²) < 4.78 is 25.0. The Morgan fingerprint density at radius 3 is 1.34 bits per heavy atom. The zero-order chi connectivity index (χ0) is 64.6. The molecule has 9 aromatic heterocycles. The zero-order valence-corrected chi connectivity index (χ0v) is 53.1. The van der Waals surface area contributed by atoms with Crippen LogP contribution in [-0.2, 0) is 32.5 Å². The maximum atomic E-state index is 9.64. The summed E-state index contributed by atoms with van der Waals surface area (Å²) in [6.45, 7) is 18.6. The summed E-state index contributed by atoms with van der Waals surface area (Å²) in [5, 5.41) is 18.9. The molecule has 3 aliphatic rings. The van der Waals surface area contributed by atoms with Crippen molar-refractivity contribution in [3.05, 3.63) is 232 Å². The van der Waals surface area contributed by atoms with Crippen LogP contribution in [0.3, 0.4) is 0 Å². The van der Waals surface area contributed by atoms with Crippen LogP contribution >= 0.6 is 0 Å². The molecule has 0 amide bonds. The van der Waals surface area contributed by atoms with Crippen LogP contribution in [0.25, 0.3) is 67.2 Å². The van der Waals surface area contributed by atoms with E-state index in [1.807, 2.05) is 95.4 Å². The molecule has 0 saturated heterocycles. The quantitative estimate of drug-likeness (QED) is 0.145. The molecule has 6 N–H and O–H groups in total. The van der Waals surface area contributed by atoms with Crippen molar-refractivity contribution in [3.63, 3.8) is 0 Å². The third kappa shape index (κ3) is 11.9. The number of anilines is 3. The summed E-state index contributed by atoms with van der Waals surface area (Å²) in [6.07, 6.45) is 22.8. The topological polar surface area (TPSA) is 260 Å².